The summed E-state index contributed by atoms with van der Waals surface area (Å²) in [6.07, 6.45) is 6.19. The number of aromatic nitrogens is 2. The predicted molar refractivity (Wildman–Crippen MR) is 95.6 cm³/mol. The van der Waals surface area contributed by atoms with Crippen LogP contribution >= 0.6 is 0 Å². The average Bonchev–Trinajstić information content (AvgIpc) is 3.04. The van der Waals surface area contributed by atoms with E-state index >= 15 is 0 Å². The molecule has 0 aliphatic rings. The Morgan fingerprint density at radius 3 is 2.72 bits per heavy atom. The summed E-state index contributed by atoms with van der Waals surface area (Å²) in [4.78, 5) is 16.0. The Hall–Kier alpha value is -2.19. The lowest BCUT2D eigenvalue weighted by Crippen LogP contribution is -2.31. The minimum absolute atomic E-state index is 0.0724. The highest BCUT2D eigenvalue weighted by Gasteiger charge is 2.16. The third-order valence-corrected chi connectivity index (χ3v) is 5.36. The summed E-state index contributed by atoms with van der Waals surface area (Å²) in [7, 11) is -3.60. The van der Waals surface area contributed by atoms with Crippen molar-refractivity contribution < 1.29 is 13.2 Å². The van der Waals surface area contributed by atoms with E-state index in [0.29, 0.717) is 12.1 Å². The first-order valence-corrected chi connectivity index (χ1v) is 9.66. The van der Waals surface area contributed by atoms with Crippen LogP contribution in [-0.4, -0.2) is 37.0 Å². The minimum atomic E-state index is -3.60. The highest BCUT2D eigenvalue weighted by Crippen LogP contribution is 2.16. The van der Waals surface area contributed by atoms with E-state index in [-0.39, 0.29) is 23.8 Å². The van der Waals surface area contributed by atoms with E-state index < -0.39 is 10.0 Å². The fourth-order valence-electron chi connectivity index (χ4n) is 2.47. The summed E-state index contributed by atoms with van der Waals surface area (Å²) in [6, 6.07) is 5.17. The van der Waals surface area contributed by atoms with Crippen LogP contribution in [0.25, 0.3) is 0 Å². The zero-order valence-electron chi connectivity index (χ0n) is 14.5. The maximum atomic E-state index is 12.3. The largest absolute Gasteiger partial charge is 0.356 e. The summed E-state index contributed by atoms with van der Waals surface area (Å²) in [5.74, 6) is -0.172. The summed E-state index contributed by atoms with van der Waals surface area (Å²) in [6.45, 7) is 5.06. The van der Waals surface area contributed by atoms with Gasteiger partial charge in [-0.1, -0.05) is 17.7 Å². The first-order chi connectivity index (χ1) is 11.9. The maximum Gasteiger partial charge on any atom is 0.240 e. The molecule has 7 nitrogen and oxygen atoms in total. The lowest BCUT2D eigenvalue weighted by Gasteiger charge is -2.10. The van der Waals surface area contributed by atoms with Gasteiger partial charge in [0.05, 0.1) is 11.2 Å². The number of carbonyl (C=O) groups excluding carboxylic acids is 1. The Morgan fingerprint density at radius 1 is 1.24 bits per heavy atom. The van der Waals surface area contributed by atoms with Crippen LogP contribution < -0.4 is 10.0 Å². The van der Waals surface area contributed by atoms with E-state index in [0.717, 1.165) is 18.5 Å². The molecule has 2 aromatic rings. The van der Waals surface area contributed by atoms with Gasteiger partial charge in [-0.3, -0.25) is 4.79 Å². The highest BCUT2D eigenvalue weighted by atomic mass is 32.2. The Morgan fingerprint density at radius 2 is 2.04 bits per heavy atom. The number of hydrogen-bond donors (Lipinski definition) is 2. The fraction of sp³-hybridized carbons (Fsp3) is 0.412. The lowest BCUT2D eigenvalue weighted by atomic mass is 10.2. The molecule has 136 valence electrons. The number of nitrogens with one attached hydrogen (secondary N) is 2. The summed E-state index contributed by atoms with van der Waals surface area (Å²) in [5.41, 5.74) is 1.70. The third-order valence-electron chi connectivity index (χ3n) is 3.74. The predicted octanol–water partition coefficient (Wildman–Crippen LogP) is 1.37. The molecule has 25 heavy (non-hydrogen) atoms. The second-order valence-electron chi connectivity index (χ2n) is 5.92. The zero-order valence-corrected chi connectivity index (χ0v) is 15.3. The van der Waals surface area contributed by atoms with E-state index in [1.165, 1.54) is 0 Å². The number of imidazole rings is 1. The van der Waals surface area contributed by atoms with Crippen LogP contribution in [0.1, 0.15) is 24.0 Å². The molecule has 0 bridgehead atoms. The molecule has 0 radical (unpaired) electrons. The van der Waals surface area contributed by atoms with Gasteiger partial charge in [-0.05, 0) is 31.9 Å². The molecule has 2 N–H and O–H groups in total. The van der Waals surface area contributed by atoms with Crippen molar-refractivity contribution in [3.8, 4) is 0 Å². The number of hydrogen-bond acceptors (Lipinski definition) is 4. The molecule has 1 heterocycles. The second-order valence-corrected chi connectivity index (χ2v) is 7.66. The van der Waals surface area contributed by atoms with Crippen LogP contribution in [0.15, 0.2) is 41.8 Å². The van der Waals surface area contributed by atoms with Crippen molar-refractivity contribution in [2.45, 2.75) is 38.1 Å². The van der Waals surface area contributed by atoms with Gasteiger partial charge < -0.3 is 9.88 Å². The molecular weight excluding hydrogens is 340 g/mol. The van der Waals surface area contributed by atoms with E-state index in [2.05, 4.69) is 15.0 Å². The summed E-state index contributed by atoms with van der Waals surface area (Å²) >= 11 is 0. The van der Waals surface area contributed by atoms with Gasteiger partial charge in [-0.15, -0.1) is 0 Å². The van der Waals surface area contributed by atoms with Crippen LogP contribution in [0.4, 0.5) is 0 Å². The number of benzene rings is 1. The van der Waals surface area contributed by atoms with E-state index in [1.807, 2.05) is 23.8 Å². The number of nitrogens with zero attached hydrogens (tertiary/aromatic N) is 2. The van der Waals surface area contributed by atoms with Crippen molar-refractivity contribution >= 4 is 15.9 Å². The molecule has 1 amide bonds. The van der Waals surface area contributed by atoms with Gasteiger partial charge in [0.25, 0.3) is 0 Å². The molecule has 0 unspecified atom stereocenters. The van der Waals surface area contributed by atoms with E-state index in [4.69, 9.17) is 0 Å². The number of rotatable bonds is 9. The number of aryl methyl sites for hydroxylation is 3. The van der Waals surface area contributed by atoms with Gasteiger partial charge in [-0.25, -0.2) is 18.1 Å². The second kappa shape index (κ2) is 8.77. The van der Waals surface area contributed by atoms with Gasteiger partial charge in [0.1, 0.15) is 0 Å². The van der Waals surface area contributed by atoms with Gasteiger partial charge >= 0.3 is 0 Å². The molecule has 0 atom stereocenters. The van der Waals surface area contributed by atoms with Crippen LogP contribution in [0.3, 0.4) is 0 Å². The van der Waals surface area contributed by atoms with Crippen LogP contribution in [0.2, 0.25) is 0 Å². The smallest absolute Gasteiger partial charge is 0.240 e. The van der Waals surface area contributed by atoms with Crippen LogP contribution in [0.5, 0.6) is 0 Å². The van der Waals surface area contributed by atoms with Crippen LogP contribution in [0, 0.1) is 13.8 Å². The van der Waals surface area contributed by atoms with E-state index in [1.54, 1.807) is 31.6 Å². The SMILES string of the molecule is Cc1ccc(S(=O)(=O)NCCC(=O)NCCCn2ccnc2)c(C)c1. The minimum Gasteiger partial charge on any atom is -0.356 e. The Labute approximate surface area is 148 Å². The third kappa shape index (κ3) is 5.99. The fourth-order valence-corrected chi connectivity index (χ4v) is 3.73. The normalized spacial score (nSPS) is 11.4. The first kappa shape index (κ1) is 19.1. The zero-order chi connectivity index (χ0) is 18.3. The standard InChI is InChI=1S/C17H24N4O3S/c1-14-4-5-16(15(2)12-14)25(23,24)20-8-6-17(22)19-7-3-10-21-11-9-18-13-21/h4-5,9,11-13,20H,3,6-8,10H2,1-2H3,(H,19,22). The van der Waals surface area contributed by atoms with Gasteiger partial charge in [-0.2, -0.15) is 0 Å². The molecule has 8 heteroatoms. The Balaban J connectivity index is 1.70. The Bertz CT molecular complexity index is 801. The number of carbonyl (C=O) groups is 1. The average molecular weight is 364 g/mol. The molecule has 0 spiro atoms. The first-order valence-electron chi connectivity index (χ1n) is 8.18. The Kier molecular flexibility index (Phi) is 6.72. The molecule has 0 saturated carbocycles. The molecular formula is C17H24N4O3S. The molecule has 0 aliphatic carbocycles. The van der Waals surface area contributed by atoms with E-state index in [9.17, 15) is 13.2 Å². The highest BCUT2D eigenvalue weighted by molar-refractivity contribution is 7.89. The molecule has 1 aromatic heterocycles. The van der Waals surface area contributed by atoms with Crippen molar-refractivity contribution in [2.75, 3.05) is 13.1 Å². The van der Waals surface area contributed by atoms with Crippen molar-refractivity contribution in [2.24, 2.45) is 0 Å². The van der Waals surface area contributed by atoms with Crippen molar-refractivity contribution in [3.63, 3.8) is 0 Å². The monoisotopic (exact) mass is 364 g/mol. The number of sulfonamides is 1. The molecule has 0 aliphatic heterocycles. The molecule has 0 saturated heterocycles. The molecule has 0 fully saturated rings. The van der Waals surface area contributed by atoms with Crippen molar-refractivity contribution in [3.05, 3.63) is 48.0 Å². The molecule has 1 aromatic carbocycles. The summed E-state index contributed by atoms with van der Waals surface area (Å²) < 4.78 is 29.0. The topological polar surface area (TPSA) is 93.1 Å². The quantitative estimate of drug-likeness (QED) is 0.657. The maximum absolute atomic E-state index is 12.3. The van der Waals surface area contributed by atoms with Crippen LogP contribution in [-0.2, 0) is 21.4 Å². The van der Waals surface area contributed by atoms with Gasteiger partial charge in [0.2, 0.25) is 15.9 Å². The molecule has 2 rings (SSSR count). The van der Waals surface area contributed by atoms with Gasteiger partial charge in [0, 0.05) is 38.4 Å². The lowest BCUT2D eigenvalue weighted by molar-refractivity contribution is -0.120. The van der Waals surface area contributed by atoms with Crippen molar-refractivity contribution in [1.29, 1.82) is 0 Å². The number of amides is 1. The van der Waals surface area contributed by atoms with Crippen molar-refractivity contribution in [1.82, 2.24) is 19.6 Å². The summed E-state index contributed by atoms with van der Waals surface area (Å²) in [5, 5.41) is 2.78. The van der Waals surface area contributed by atoms with Gasteiger partial charge in [0.15, 0.2) is 0 Å².